The molecule has 228 valence electrons. The largest absolute Gasteiger partial charge is 0.573 e. The average molecular weight is 639 g/mol. The van der Waals surface area contributed by atoms with Crippen LogP contribution in [0.2, 0.25) is 5.02 Å². The molecular weight excluding hydrogens is 613 g/mol. The number of carbonyl (C=O) groups excluding carboxylic acids is 1. The second-order valence-corrected chi connectivity index (χ2v) is 11.8. The van der Waals surface area contributed by atoms with E-state index in [1.807, 2.05) is 13.8 Å². The number of nitrogens with zero attached hydrogens (tertiary/aromatic N) is 2. The molecule has 4 aromatic rings. The molecule has 0 saturated carbocycles. The van der Waals surface area contributed by atoms with Crippen LogP contribution in [0.15, 0.2) is 76.1 Å². The van der Waals surface area contributed by atoms with E-state index in [-0.39, 0.29) is 50.7 Å². The quantitative estimate of drug-likeness (QED) is 0.168. The van der Waals surface area contributed by atoms with Crippen molar-refractivity contribution in [2.24, 2.45) is 0 Å². The van der Waals surface area contributed by atoms with Crippen molar-refractivity contribution in [3.05, 3.63) is 88.6 Å². The lowest BCUT2D eigenvalue weighted by atomic mass is 10.0. The molecular formula is C29H26ClF3N2O7S. The molecule has 0 amide bonds. The molecule has 0 spiro atoms. The minimum absolute atomic E-state index is 0.0336. The number of alkyl halides is 3. The SMILES string of the molecule is COC(=O)c1cccc(S(=O)(=O)N(C)c2ccc(OCc3c(-c4ccccc4OC(F)(F)F)noc3C(C)C)cc2Cl)c1. The van der Waals surface area contributed by atoms with Crippen LogP contribution in [0, 0.1) is 0 Å². The van der Waals surface area contributed by atoms with E-state index in [1.54, 1.807) is 6.07 Å². The molecule has 0 atom stereocenters. The number of hydrogen-bond acceptors (Lipinski definition) is 8. The molecule has 0 aliphatic rings. The summed E-state index contributed by atoms with van der Waals surface area (Å²) in [6.07, 6.45) is -4.92. The Bertz CT molecular complexity index is 1740. The van der Waals surface area contributed by atoms with E-state index in [0.29, 0.717) is 11.3 Å². The Morgan fingerprint density at radius 2 is 1.79 bits per heavy atom. The van der Waals surface area contributed by atoms with E-state index < -0.39 is 28.1 Å². The highest BCUT2D eigenvalue weighted by molar-refractivity contribution is 7.92. The van der Waals surface area contributed by atoms with Crippen molar-refractivity contribution < 1.29 is 45.1 Å². The first-order valence-corrected chi connectivity index (χ1v) is 14.5. The molecule has 3 aromatic carbocycles. The number of anilines is 1. The van der Waals surface area contributed by atoms with E-state index >= 15 is 0 Å². The summed E-state index contributed by atoms with van der Waals surface area (Å²) >= 11 is 6.46. The van der Waals surface area contributed by atoms with Gasteiger partial charge in [0.1, 0.15) is 29.6 Å². The molecule has 9 nitrogen and oxygen atoms in total. The number of halogens is 4. The zero-order valence-electron chi connectivity index (χ0n) is 23.3. The summed E-state index contributed by atoms with van der Waals surface area (Å²) in [5.41, 5.74) is 0.771. The average Bonchev–Trinajstić information content (AvgIpc) is 3.39. The Kier molecular flexibility index (Phi) is 9.26. The van der Waals surface area contributed by atoms with Gasteiger partial charge in [0.15, 0.2) is 0 Å². The second kappa shape index (κ2) is 12.6. The van der Waals surface area contributed by atoms with Crippen LogP contribution >= 0.6 is 11.6 Å². The highest BCUT2D eigenvalue weighted by Crippen LogP contribution is 2.38. The standard InChI is InChI=1S/C29H26ClF3N2O7S/c1-17(2)27-22(26(34-42-27)21-10-5-6-11-25(21)41-29(31,32)33)16-40-19-12-13-24(23(30)15-19)35(3)43(37,38)20-9-7-8-18(14-20)28(36)39-4/h5-15,17H,16H2,1-4H3. The molecule has 1 heterocycles. The third kappa shape index (κ3) is 7.05. The molecule has 0 unspecified atom stereocenters. The minimum Gasteiger partial charge on any atom is -0.489 e. The van der Waals surface area contributed by atoms with Crippen molar-refractivity contribution in [1.29, 1.82) is 0 Å². The van der Waals surface area contributed by atoms with Gasteiger partial charge >= 0.3 is 12.3 Å². The predicted molar refractivity (Wildman–Crippen MR) is 152 cm³/mol. The second-order valence-electron chi connectivity index (χ2n) is 9.47. The van der Waals surface area contributed by atoms with Gasteiger partial charge in [0.25, 0.3) is 10.0 Å². The lowest BCUT2D eigenvalue weighted by molar-refractivity contribution is -0.274. The molecule has 0 aliphatic carbocycles. The number of esters is 1. The zero-order chi connectivity index (χ0) is 31.5. The number of aromatic nitrogens is 1. The van der Waals surface area contributed by atoms with E-state index in [2.05, 4.69) is 14.6 Å². The number of hydrogen-bond donors (Lipinski definition) is 0. The van der Waals surface area contributed by atoms with Crippen molar-refractivity contribution in [3.8, 4) is 22.8 Å². The Morgan fingerprint density at radius 3 is 2.44 bits per heavy atom. The lowest BCUT2D eigenvalue weighted by Gasteiger charge is -2.21. The molecule has 4 rings (SSSR count). The summed E-state index contributed by atoms with van der Waals surface area (Å²) in [6.45, 7) is 3.50. The van der Waals surface area contributed by atoms with Gasteiger partial charge in [-0.15, -0.1) is 13.2 Å². The Hall–Kier alpha value is -4.23. The fraction of sp³-hybridized carbons (Fsp3) is 0.241. The predicted octanol–water partition coefficient (Wildman–Crippen LogP) is 7.21. The smallest absolute Gasteiger partial charge is 0.489 e. The van der Waals surface area contributed by atoms with Crippen LogP contribution in [0.4, 0.5) is 18.9 Å². The third-order valence-electron chi connectivity index (χ3n) is 6.27. The van der Waals surface area contributed by atoms with Crippen LogP contribution in [-0.4, -0.2) is 40.1 Å². The number of rotatable bonds is 10. The number of para-hydroxylation sites is 1. The van der Waals surface area contributed by atoms with Gasteiger partial charge in [0, 0.05) is 24.6 Å². The van der Waals surface area contributed by atoms with Gasteiger partial charge < -0.3 is 18.7 Å². The van der Waals surface area contributed by atoms with Gasteiger partial charge in [-0.2, -0.15) is 0 Å². The first-order chi connectivity index (χ1) is 20.2. The maximum atomic E-state index is 13.3. The molecule has 1 aromatic heterocycles. The molecule has 0 bridgehead atoms. The molecule has 43 heavy (non-hydrogen) atoms. The first kappa shape index (κ1) is 31.7. The number of ether oxygens (including phenoxy) is 3. The van der Waals surface area contributed by atoms with Gasteiger partial charge in [-0.1, -0.05) is 48.8 Å². The first-order valence-electron chi connectivity index (χ1n) is 12.7. The number of sulfonamides is 1. The highest BCUT2D eigenvalue weighted by atomic mass is 35.5. The van der Waals surface area contributed by atoms with E-state index in [1.165, 1.54) is 74.8 Å². The number of methoxy groups -OCH3 is 1. The maximum absolute atomic E-state index is 13.3. The van der Waals surface area contributed by atoms with Crippen LogP contribution in [-0.2, 0) is 21.4 Å². The van der Waals surface area contributed by atoms with Crippen LogP contribution in [0.1, 0.15) is 41.4 Å². The Balaban J connectivity index is 1.60. The molecule has 0 saturated heterocycles. The topological polar surface area (TPSA) is 108 Å². The Morgan fingerprint density at radius 1 is 1.07 bits per heavy atom. The summed E-state index contributed by atoms with van der Waals surface area (Å²) < 4.78 is 86.9. The number of carbonyl (C=O) groups is 1. The normalized spacial score (nSPS) is 11.8. The van der Waals surface area contributed by atoms with Crippen molar-refractivity contribution in [1.82, 2.24) is 5.16 Å². The molecule has 0 aliphatic heterocycles. The maximum Gasteiger partial charge on any atom is 0.573 e. The molecule has 0 fully saturated rings. The van der Waals surface area contributed by atoms with Crippen molar-refractivity contribution in [2.75, 3.05) is 18.5 Å². The summed E-state index contributed by atoms with van der Waals surface area (Å²) in [5.74, 6) is -0.674. The minimum atomic E-state index is -4.92. The Labute approximate surface area is 250 Å². The summed E-state index contributed by atoms with van der Waals surface area (Å²) in [4.78, 5) is 11.7. The summed E-state index contributed by atoms with van der Waals surface area (Å²) in [6, 6.07) is 15.3. The van der Waals surface area contributed by atoms with Crippen LogP contribution in [0.25, 0.3) is 11.3 Å². The van der Waals surface area contributed by atoms with Crippen molar-refractivity contribution >= 4 is 33.3 Å². The molecule has 14 heteroatoms. The van der Waals surface area contributed by atoms with Gasteiger partial charge in [-0.05, 0) is 42.5 Å². The van der Waals surface area contributed by atoms with Gasteiger partial charge in [0.2, 0.25) is 0 Å². The summed E-state index contributed by atoms with van der Waals surface area (Å²) in [7, 11) is -1.63. The zero-order valence-corrected chi connectivity index (χ0v) is 24.9. The fourth-order valence-corrected chi connectivity index (χ4v) is 5.79. The van der Waals surface area contributed by atoms with Crippen LogP contribution in [0.5, 0.6) is 11.5 Å². The van der Waals surface area contributed by atoms with Crippen LogP contribution in [0.3, 0.4) is 0 Å². The monoisotopic (exact) mass is 638 g/mol. The summed E-state index contributed by atoms with van der Waals surface area (Å²) in [5, 5.41) is 4.05. The highest BCUT2D eigenvalue weighted by Gasteiger charge is 2.33. The van der Waals surface area contributed by atoms with E-state index in [4.69, 9.17) is 20.9 Å². The van der Waals surface area contributed by atoms with E-state index in [9.17, 15) is 26.4 Å². The number of benzene rings is 3. The lowest BCUT2D eigenvalue weighted by Crippen LogP contribution is -2.27. The van der Waals surface area contributed by atoms with Crippen molar-refractivity contribution in [3.63, 3.8) is 0 Å². The third-order valence-corrected chi connectivity index (χ3v) is 8.34. The van der Waals surface area contributed by atoms with Gasteiger partial charge in [0.05, 0.1) is 33.8 Å². The van der Waals surface area contributed by atoms with Crippen molar-refractivity contribution in [2.45, 2.75) is 37.6 Å². The van der Waals surface area contributed by atoms with Crippen LogP contribution < -0.4 is 13.8 Å². The molecule has 0 N–H and O–H groups in total. The molecule has 0 radical (unpaired) electrons. The van der Waals surface area contributed by atoms with Gasteiger partial charge in [-0.3, -0.25) is 4.31 Å². The van der Waals surface area contributed by atoms with Gasteiger partial charge in [-0.25, -0.2) is 13.2 Å². The van der Waals surface area contributed by atoms with E-state index in [0.717, 1.165) is 4.31 Å². The fourth-order valence-electron chi connectivity index (χ4n) is 4.18.